The van der Waals surface area contributed by atoms with Gasteiger partial charge >= 0.3 is 0 Å². The largest absolute Gasteiger partial charge is 0.384 e. The first-order chi connectivity index (χ1) is 10.5. The lowest BCUT2D eigenvalue weighted by Gasteiger charge is -2.09. The van der Waals surface area contributed by atoms with Crippen LogP contribution in [0.1, 0.15) is 12.0 Å². The Morgan fingerprint density at radius 2 is 1.82 bits per heavy atom. The SMILES string of the molecule is Cc1ccc(NC(=O)CCNc2ccc(F)c(F)c2)cc1Cl. The molecule has 0 radical (unpaired) electrons. The molecular weight excluding hydrogens is 310 g/mol. The second kappa shape index (κ2) is 7.22. The van der Waals surface area contributed by atoms with Gasteiger partial charge in [0.25, 0.3) is 0 Å². The summed E-state index contributed by atoms with van der Waals surface area (Å²) < 4.78 is 25.8. The molecule has 0 aliphatic heterocycles. The van der Waals surface area contributed by atoms with Gasteiger partial charge in [-0.05, 0) is 42.8 Å². The van der Waals surface area contributed by atoms with Gasteiger partial charge in [0.1, 0.15) is 0 Å². The Morgan fingerprint density at radius 3 is 2.50 bits per heavy atom. The summed E-state index contributed by atoms with van der Waals surface area (Å²) in [5.41, 5.74) is 1.97. The number of amides is 1. The van der Waals surface area contributed by atoms with E-state index >= 15 is 0 Å². The molecule has 0 saturated heterocycles. The summed E-state index contributed by atoms with van der Waals surface area (Å²) >= 11 is 5.98. The fourth-order valence-corrected chi connectivity index (χ4v) is 2.00. The van der Waals surface area contributed by atoms with E-state index in [-0.39, 0.29) is 12.3 Å². The summed E-state index contributed by atoms with van der Waals surface area (Å²) in [4.78, 5) is 11.8. The van der Waals surface area contributed by atoms with Crippen molar-refractivity contribution in [2.24, 2.45) is 0 Å². The number of halogens is 3. The highest BCUT2D eigenvalue weighted by Crippen LogP contribution is 2.20. The molecule has 3 nitrogen and oxygen atoms in total. The molecule has 116 valence electrons. The van der Waals surface area contributed by atoms with Crippen LogP contribution in [0.3, 0.4) is 0 Å². The second-order valence-electron chi connectivity index (χ2n) is 4.82. The summed E-state index contributed by atoms with van der Waals surface area (Å²) in [6, 6.07) is 8.76. The third kappa shape index (κ3) is 4.43. The maximum Gasteiger partial charge on any atom is 0.226 e. The number of carbonyl (C=O) groups excluding carboxylic acids is 1. The van der Waals surface area contributed by atoms with Crippen molar-refractivity contribution in [2.75, 3.05) is 17.2 Å². The molecule has 0 bridgehead atoms. The summed E-state index contributed by atoms with van der Waals surface area (Å²) in [6.45, 7) is 2.18. The van der Waals surface area contributed by atoms with Crippen LogP contribution in [0.15, 0.2) is 36.4 Å². The van der Waals surface area contributed by atoms with E-state index in [0.717, 1.165) is 17.7 Å². The van der Waals surface area contributed by atoms with Crippen molar-refractivity contribution >= 4 is 28.9 Å². The van der Waals surface area contributed by atoms with Crippen molar-refractivity contribution in [1.82, 2.24) is 0 Å². The number of aryl methyl sites for hydroxylation is 1. The first-order valence-electron chi connectivity index (χ1n) is 6.70. The highest BCUT2D eigenvalue weighted by Gasteiger charge is 2.05. The number of hydrogen-bond acceptors (Lipinski definition) is 2. The zero-order chi connectivity index (χ0) is 16.1. The molecule has 0 atom stereocenters. The van der Waals surface area contributed by atoms with Crippen LogP contribution in [-0.2, 0) is 4.79 Å². The normalized spacial score (nSPS) is 10.4. The van der Waals surface area contributed by atoms with E-state index in [2.05, 4.69) is 10.6 Å². The van der Waals surface area contributed by atoms with E-state index in [0.29, 0.717) is 22.9 Å². The molecule has 2 aromatic rings. The first-order valence-corrected chi connectivity index (χ1v) is 7.08. The quantitative estimate of drug-likeness (QED) is 0.857. The monoisotopic (exact) mass is 324 g/mol. The van der Waals surface area contributed by atoms with E-state index < -0.39 is 11.6 Å². The van der Waals surface area contributed by atoms with E-state index in [4.69, 9.17) is 11.6 Å². The Labute approximate surface area is 132 Å². The Kier molecular flexibility index (Phi) is 5.33. The Bertz CT molecular complexity index is 692. The molecule has 0 spiro atoms. The topological polar surface area (TPSA) is 41.1 Å². The third-order valence-corrected chi connectivity index (χ3v) is 3.46. The summed E-state index contributed by atoms with van der Waals surface area (Å²) in [7, 11) is 0. The number of rotatable bonds is 5. The summed E-state index contributed by atoms with van der Waals surface area (Å²) in [5.74, 6) is -2.03. The van der Waals surface area contributed by atoms with Gasteiger partial charge in [0.05, 0.1) is 0 Å². The lowest BCUT2D eigenvalue weighted by molar-refractivity contribution is -0.115. The Balaban J connectivity index is 1.82. The average Bonchev–Trinajstić information content (AvgIpc) is 2.47. The summed E-state index contributed by atoms with van der Waals surface area (Å²) in [5, 5.41) is 6.16. The number of anilines is 2. The van der Waals surface area contributed by atoms with Crippen LogP contribution in [-0.4, -0.2) is 12.5 Å². The highest BCUT2D eigenvalue weighted by molar-refractivity contribution is 6.31. The van der Waals surface area contributed by atoms with E-state index in [9.17, 15) is 13.6 Å². The van der Waals surface area contributed by atoms with E-state index in [1.54, 1.807) is 12.1 Å². The van der Waals surface area contributed by atoms with Crippen LogP contribution >= 0.6 is 11.6 Å². The van der Waals surface area contributed by atoms with Crippen molar-refractivity contribution in [1.29, 1.82) is 0 Å². The lowest BCUT2D eigenvalue weighted by Crippen LogP contribution is -2.16. The van der Waals surface area contributed by atoms with Crippen LogP contribution in [0.4, 0.5) is 20.2 Å². The first kappa shape index (κ1) is 16.2. The fourth-order valence-electron chi connectivity index (χ4n) is 1.82. The van der Waals surface area contributed by atoms with E-state index in [1.807, 2.05) is 13.0 Å². The maximum absolute atomic E-state index is 13.0. The maximum atomic E-state index is 13.0. The molecule has 0 heterocycles. The molecular formula is C16H15ClF2N2O. The molecule has 6 heteroatoms. The van der Waals surface area contributed by atoms with Gasteiger partial charge in [-0.25, -0.2) is 8.78 Å². The molecule has 2 N–H and O–H groups in total. The fraction of sp³-hybridized carbons (Fsp3) is 0.188. The third-order valence-electron chi connectivity index (χ3n) is 3.06. The van der Waals surface area contributed by atoms with Crippen molar-refractivity contribution in [3.05, 3.63) is 58.6 Å². The standard InChI is InChI=1S/C16H15ClF2N2O/c1-10-2-3-12(8-13(10)17)21-16(22)6-7-20-11-4-5-14(18)15(19)9-11/h2-5,8-9,20H,6-7H2,1H3,(H,21,22). The number of nitrogens with one attached hydrogen (secondary N) is 2. The molecule has 0 aliphatic carbocycles. The minimum atomic E-state index is -0.927. The Morgan fingerprint density at radius 1 is 1.09 bits per heavy atom. The van der Waals surface area contributed by atoms with Crippen molar-refractivity contribution < 1.29 is 13.6 Å². The number of carbonyl (C=O) groups is 1. The average molecular weight is 325 g/mol. The van der Waals surface area contributed by atoms with Gasteiger partial charge < -0.3 is 10.6 Å². The van der Waals surface area contributed by atoms with Gasteiger partial charge in [0.15, 0.2) is 11.6 Å². The lowest BCUT2D eigenvalue weighted by atomic mass is 10.2. The van der Waals surface area contributed by atoms with Crippen molar-refractivity contribution in [3.8, 4) is 0 Å². The van der Waals surface area contributed by atoms with Gasteiger partial charge in [0.2, 0.25) is 5.91 Å². The van der Waals surface area contributed by atoms with Crippen LogP contribution in [0.2, 0.25) is 5.02 Å². The zero-order valence-electron chi connectivity index (χ0n) is 11.9. The molecule has 2 rings (SSSR count). The highest BCUT2D eigenvalue weighted by atomic mass is 35.5. The number of benzene rings is 2. The van der Waals surface area contributed by atoms with Gasteiger partial charge in [-0.15, -0.1) is 0 Å². The number of hydrogen-bond donors (Lipinski definition) is 2. The van der Waals surface area contributed by atoms with Crippen molar-refractivity contribution in [3.63, 3.8) is 0 Å². The van der Waals surface area contributed by atoms with Crippen LogP contribution in [0, 0.1) is 18.6 Å². The van der Waals surface area contributed by atoms with Crippen molar-refractivity contribution in [2.45, 2.75) is 13.3 Å². The van der Waals surface area contributed by atoms with Crippen LogP contribution < -0.4 is 10.6 Å². The van der Waals surface area contributed by atoms with Gasteiger partial charge in [-0.1, -0.05) is 17.7 Å². The molecule has 0 unspecified atom stereocenters. The minimum Gasteiger partial charge on any atom is -0.384 e. The summed E-state index contributed by atoms with van der Waals surface area (Å²) in [6.07, 6.45) is 0.185. The predicted octanol–water partition coefficient (Wildman–Crippen LogP) is 4.37. The van der Waals surface area contributed by atoms with Gasteiger partial charge in [0, 0.05) is 29.4 Å². The molecule has 0 saturated carbocycles. The molecule has 0 aromatic heterocycles. The zero-order valence-corrected chi connectivity index (χ0v) is 12.7. The molecule has 1 amide bonds. The Hall–Kier alpha value is -2.14. The smallest absolute Gasteiger partial charge is 0.226 e. The van der Waals surface area contributed by atoms with Gasteiger partial charge in [-0.3, -0.25) is 4.79 Å². The van der Waals surface area contributed by atoms with Crippen LogP contribution in [0.5, 0.6) is 0 Å². The molecule has 2 aromatic carbocycles. The van der Waals surface area contributed by atoms with Gasteiger partial charge in [-0.2, -0.15) is 0 Å². The molecule has 0 fully saturated rings. The minimum absolute atomic E-state index is 0.185. The predicted molar refractivity (Wildman–Crippen MR) is 84.3 cm³/mol. The second-order valence-corrected chi connectivity index (χ2v) is 5.23. The van der Waals surface area contributed by atoms with Crippen LogP contribution in [0.25, 0.3) is 0 Å². The molecule has 22 heavy (non-hydrogen) atoms. The van der Waals surface area contributed by atoms with E-state index in [1.165, 1.54) is 6.07 Å². The molecule has 0 aliphatic rings.